The first kappa shape index (κ1) is 47.4. The van der Waals surface area contributed by atoms with E-state index in [0.29, 0.717) is 31.3 Å². The van der Waals surface area contributed by atoms with Crippen molar-refractivity contribution in [2.45, 2.75) is 194 Å². The van der Waals surface area contributed by atoms with Gasteiger partial charge in [-0.15, -0.1) is 0 Å². The summed E-state index contributed by atoms with van der Waals surface area (Å²) < 4.78 is 59.8. The van der Waals surface area contributed by atoms with Crippen LogP contribution in [0.4, 0.5) is 0 Å². The number of aliphatic hydroxyl groups is 8. The average molecular weight is 917 g/mol. The van der Waals surface area contributed by atoms with Gasteiger partial charge in [0, 0.05) is 25.4 Å². The highest BCUT2D eigenvalue weighted by atomic mass is 16.8. The Labute approximate surface area is 371 Å². The maximum Gasteiger partial charge on any atom is 0.308 e. The molecule has 64 heavy (non-hydrogen) atoms. The minimum Gasteiger partial charge on any atom is -0.462 e. The van der Waals surface area contributed by atoms with Crippen LogP contribution in [0, 0.1) is 34.5 Å². The summed E-state index contributed by atoms with van der Waals surface area (Å²) in [6.07, 6.45) is -13.8. The molecule has 24 atom stereocenters. The number of fused-ring (bicyclic) bond motifs is 5. The molecule has 20 nitrogen and oxygen atoms in total. The van der Waals surface area contributed by atoms with Gasteiger partial charge in [-0.05, 0) is 87.9 Å². The van der Waals surface area contributed by atoms with Crippen molar-refractivity contribution in [3.63, 3.8) is 0 Å². The second-order valence-electron chi connectivity index (χ2n) is 20.6. The highest BCUT2D eigenvalue weighted by Crippen LogP contribution is 2.73. The van der Waals surface area contributed by atoms with Crippen molar-refractivity contribution in [1.29, 1.82) is 0 Å². The van der Waals surface area contributed by atoms with Crippen molar-refractivity contribution in [3.8, 4) is 0 Å². The Morgan fingerprint density at radius 1 is 0.766 bits per heavy atom. The predicted octanol–water partition coefficient (Wildman–Crippen LogP) is -1.46. The number of esters is 2. The average Bonchev–Trinajstić information content (AvgIpc) is 3.91. The second kappa shape index (κ2) is 17.7. The zero-order chi connectivity index (χ0) is 45.7. The van der Waals surface area contributed by atoms with E-state index < -0.39 is 123 Å². The molecule has 5 saturated heterocycles. The number of rotatable bonds is 10. The molecular formula is C44H68O20. The summed E-state index contributed by atoms with van der Waals surface area (Å²) in [5, 5.41) is 85.8. The first-order valence-electron chi connectivity index (χ1n) is 23.2. The Morgan fingerprint density at radius 3 is 2.17 bits per heavy atom. The molecule has 4 aliphatic carbocycles. The van der Waals surface area contributed by atoms with E-state index in [1.807, 2.05) is 0 Å². The first-order chi connectivity index (χ1) is 30.4. The number of ether oxygens (including phenoxy) is 10. The van der Waals surface area contributed by atoms with Crippen LogP contribution >= 0.6 is 0 Å². The fourth-order valence-corrected chi connectivity index (χ4v) is 14.2. The summed E-state index contributed by atoms with van der Waals surface area (Å²) in [4.78, 5) is 24.9. The number of aliphatic hydroxyl groups excluding tert-OH is 7. The van der Waals surface area contributed by atoms with Gasteiger partial charge < -0.3 is 88.2 Å². The van der Waals surface area contributed by atoms with Crippen molar-refractivity contribution in [2.24, 2.45) is 34.5 Å². The van der Waals surface area contributed by atoms with Gasteiger partial charge in [0.2, 0.25) is 0 Å². The van der Waals surface area contributed by atoms with Gasteiger partial charge in [-0.1, -0.05) is 6.92 Å². The van der Waals surface area contributed by atoms with Gasteiger partial charge in [0.15, 0.2) is 25.0 Å². The van der Waals surface area contributed by atoms with Crippen LogP contribution in [0.3, 0.4) is 0 Å². The summed E-state index contributed by atoms with van der Waals surface area (Å²) in [6.45, 7) is 4.82. The molecule has 5 aliphatic heterocycles. The molecule has 0 amide bonds. The van der Waals surface area contributed by atoms with Crippen LogP contribution in [0.25, 0.3) is 0 Å². The van der Waals surface area contributed by atoms with E-state index in [1.165, 1.54) is 14.0 Å². The Kier molecular flexibility index (Phi) is 13.1. The topological polar surface area (TPSA) is 288 Å². The number of carbonyl (C=O) groups excluding carboxylic acids is 2. The number of cyclic esters (lactones) is 1. The van der Waals surface area contributed by atoms with Crippen molar-refractivity contribution < 1.29 is 97.8 Å². The first-order valence-corrected chi connectivity index (χ1v) is 23.2. The maximum absolute atomic E-state index is 12.8. The van der Waals surface area contributed by atoms with Crippen molar-refractivity contribution >= 4 is 11.9 Å². The standard InChI is InChI=1S/C44H68O20/c1-19-35(64-39-34(53)32(51)30(49)26(63-39)16-56-38-33(52)31(50)29(48)25(15-45)62-38)36(55-4)37(60-20(2)46)40(59-19)61-22-7-10-41(3)21(13-22)5-6-24-23(41)8-11-42-17-58-43(14-28(47)57-18-43)27(42)9-12-44(24,42)54/h19,21-27,29-40,45,48-54H,5-18H2,1-4H3/t19-,21+,22-,23?,24?,25+,26+,27-,29+,30+,31-,32-,33+,34+,35-,36+,37-,38+,39-,40-,41-,42-,43-,44-/m0/s1. The normalized spacial score (nSPS) is 54.7. The largest absolute Gasteiger partial charge is 0.462 e. The van der Waals surface area contributed by atoms with Gasteiger partial charge in [-0.3, -0.25) is 9.59 Å². The van der Waals surface area contributed by atoms with Crippen LogP contribution < -0.4 is 0 Å². The van der Waals surface area contributed by atoms with Gasteiger partial charge in [-0.2, -0.15) is 0 Å². The van der Waals surface area contributed by atoms with Crippen LogP contribution in [0.5, 0.6) is 0 Å². The molecule has 2 spiro atoms. The van der Waals surface area contributed by atoms with E-state index in [2.05, 4.69) is 6.92 Å². The molecule has 0 radical (unpaired) electrons. The Balaban J connectivity index is 0.847. The Bertz CT molecular complexity index is 1710. The fraction of sp³-hybridized carbons (Fsp3) is 0.955. The van der Waals surface area contributed by atoms with Crippen LogP contribution in [0.15, 0.2) is 0 Å². The van der Waals surface area contributed by atoms with Crippen molar-refractivity contribution in [3.05, 3.63) is 0 Å². The lowest BCUT2D eigenvalue weighted by molar-refractivity contribution is -0.367. The highest BCUT2D eigenvalue weighted by Gasteiger charge is 2.76. The second-order valence-corrected chi connectivity index (χ2v) is 20.6. The molecule has 5 heterocycles. The number of hydrogen-bond acceptors (Lipinski definition) is 20. The van der Waals surface area contributed by atoms with E-state index in [1.54, 1.807) is 6.92 Å². The molecule has 0 aromatic carbocycles. The smallest absolute Gasteiger partial charge is 0.308 e. The number of hydrogen-bond donors (Lipinski definition) is 8. The SMILES string of the molecule is CO[C@H]1[C@H](OC(C)=O)[C@H](O[C@H]2CC[C@]3(C)C4CC[C@]56CO[C@@]7(COC(=O)C7)[C@H]5CC[C@]6(O)C4CC[C@@H]3C2)O[C@@H](C)[C@@H]1O[C@@H]1O[C@H](CO[C@@H]2O[C@H](CO)[C@@H](O)[C@H](O)[C@H]2O)[C@@H](O)[C@H](O)[C@H]1O. The molecule has 9 fully saturated rings. The van der Waals surface area contributed by atoms with Gasteiger partial charge in [-0.25, -0.2) is 0 Å². The van der Waals surface area contributed by atoms with Gasteiger partial charge in [0.25, 0.3) is 0 Å². The minimum absolute atomic E-state index is 0.0392. The van der Waals surface area contributed by atoms with E-state index in [0.717, 1.165) is 44.9 Å². The van der Waals surface area contributed by atoms with Crippen LogP contribution in [-0.2, 0) is 57.0 Å². The molecular weight excluding hydrogens is 848 g/mol. The molecule has 0 aromatic heterocycles. The number of carbonyl (C=O) groups is 2. The third-order valence-corrected chi connectivity index (χ3v) is 17.5. The molecule has 0 bridgehead atoms. The zero-order valence-corrected chi connectivity index (χ0v) is 36.9. The van der Waals surface area contributed by atoms with Crippen molar-refractivity contribution in [1.82, 2.24) is 0 Å². The molecule has 9 aliphatic rings. The minimum atomic E-state index is -1.80. The lowest BCUT2D eigenvalue weighted by atomic mass is 9.43. The molecule has 9 rings (SSSR count). The molecule has 2 unspecified atom stereocenters. The van der Waals surface area contributed by atoms with E-state index >= 15 is 0 Å². The van der Waals surface area contributed by atoms with Gasteiger partial charge in [0.05, 0.1) is 44.1 Å². The third-order valence-electron chi connectivity index (χ3n) is 17.5. The van der Waals surface area contributed by atoms with E-state index in [-0.39, 0.29) is 47.8 Å². The molecule has 364 valence electrons. The summed E-state index contributed by atoms with van der Waals surface area (Å²) in [5.74, 6) is -0.0113. The maximum atomic E-state index is 12.8. The zero-order valence-electron chi connectivity index (χ0n) is 36.9. The quantitative estimate of drug-likeness (QED) is 0.0918. The molecule has 4 saturated carbocycles. The van der Waals surface area contributed by atoms with E-state index in [4.69, 9.17) is 47.4 Å². The summed E-state index contributed by atoms with van der Waals surface area (Å²) >= 11 is 0. The van der Waals surface area contributed by atoms with Gasteiger partial charge >= 0.3 is 11.9 Å². The van der Waals surface area contributed by atoms with E-state index in [9.17, 15) is 50.4 Å². The lowest BCUT2D eigenvalue weighted by Crippen LogP contribution is -2.65. The molecule has 8 N–H and O–H groups in total. The summed E-state index contributed by atoms with van der Waals surface area (Å²) in [5.41, 5.74) is -1.91. The van der Waals surface area contributed by atoms with Crippen molar-refractivity contribution in [2.75, 3.05) is 33.5 Å². The monoisotopic (exact) mass is 916 g/mol. The lowest BCUT2D eigenvalue weighted by Gasteiger charge is -2.63. The third kappa shape index (κ3) is 7.58. The number of methoxy groups -OCH3 is 1. The van der Waals surface area contributed by atoms with Crippen LogP contribution in [0.2, 0.25) is 0 Å². The Morgan fingerprint density at radius 2 is 1.48 bits per heavy atom. The molecule has 20 heteroatoms. The van der Waals surface area contributed by atoms with Gasteiger partial charge in [0.1, 0.15) is 73.2 Å². The Hall–Kier alpha value is -1.70. The predicted molar refractivity (Wildman–Crippen MR) is 212 cm³/mol. The summed E-state index contributed by atoms with van der Waals surface area (Å²) in [6, 6.07) is 0. The fourth-order valence-electron chi connectivity index (χ4n) is 14.2. The highest BCUT2D eigenvalue weighted by molar-refractivity contribution is 5.73. The van der Waals surface area contributed by atoms with Crippen LogP contribution in [0.1, 0.15) is 85.0 Å². The molecule has 0 aromatic rings. The van der Waals surface area contributed by atoms with Crippen LogP contribution in [-0.4, -0.2) is 196 Å². The summed E-state index contributed by atoms with van der Waals surface area (Å²) in [7, 11) is 1.40.